The Labute approximate surface area is 396 Å². The van der Waals surface area contributed by atoms with Crippen LogP contribution < -0.4 is 9.47 Å². The number of likely N-dealkylation sites (N-methyl/N-ethyl adjacent to an activating group) is 1. The lowest BCUT2D eigenvalue weighted by Gasteiger charge is -2.30. The minimum atomic E-state index is -0.180. The van der Waals surface area contributed by atoms with E-state index in [4.69, 9.17) is 50.0 Å². The lowest BCUT2D eigenvalue weighted by molar-refractivity contribution is 0.110. The average Bonchev–Trinajstić information content (AvgIpc) is 4.11. The smallest absolute Gasteiger partial charge is 0.221 e. The van der Waals surface area contributed by atoms with Crippen molar-refractivity contribution in [3.63, 3.8) is 0 Å². The summed E-state index contributed by atoms with van der Waals surface area (Å²) in [6, 6.07) is 4.47. The van der Waals surface area contributed by atoms with E-state index in [9.17, 15) is 0 Å². The molecule has 0 aromatic carbocycles. The molecule has 2 aliphatic heterocycles. The third-order valence-electron chi connectivity index (χ3n) is 13.5. The number of nitrogens with zero attached hydrogens (tertiary/aromatic N) is 14. The van der Waals surface area contributed by atoms with Crippen molar-refractivity contribution < 1.29 is 9.47 Å². The van der Waals surface area contributed by atoms with Crippen LogP contribution in [0.15, 0.2) is 12.1 Å². The normalized spacial score (nSPS) is 18.1. The number of pyridine rings is 2. The number of rotatable bonds is 4. The standard InChI is InChI=1S/C50H62N16O2/c1-26(2)65-23-28(4)68-50-46(42-21-37-38(53-56-48(37)33(9)52-42)16-14-34-29(5)57-62(11)43(34)25-65)40(60-64(50)13)18-19-66-44-24-61(10)22-27(3)67-49-45(31(7)58-63(49)12)41-20-36-39(17-15-35(44)30(6)59-66)54-55-47(36)32(8)51-41/h14-17,20-21,26-28H,18-19,22-25H2,1-13H3,(H,53,56)(H,54,55)/b16-14+,17-15+/t27-,28-/m0/s1. The molecule has 2 N–H and O–H groups in total. The number of hydrogen-bond donors (Lipinski definition) is 2. The fourth-order valence-corrected chi connectivity index (χ4v) is 10.2. The van der Waals surface area contributed by atoms with Gasteiger partial charge in [0.1, 0.15) is 23.2 Å². The molecule has 0 radical (unpaired) electrons. The van der Waals surface area contributed by atoms with Gasteiger partial charge >= 0.3 is 0 Å². The van der Waals surface area contributed by atoms with Crippen LogP contribution in [0.4, 0.5) is 0 Å². The fourth-order valence-electron chi connectivity index (χ4n) is 10.2. The van der Waals surface area contributed by atoms with Crippen LogP contribution in [0.5, 0.6) is 11.8 Å². The molecule has 2 aliphatic rings. The molecule has 8 aromatic heterocycles. The SMILES string of the molecule is Cc1nn(C)c2c1/C=C/c1[nH]nc3c(C)nc(cc13)-c1c(CCn3nc(C)c4c3CN(C)C[C@H](C)Oc3c(c(C)nn3C)-c3cc5c([nH]nc5c(C)n3)/C=C/4)nn(C)c1O[C@@H](C)CN(C(C)C)C2. The zero-order valence-corrected chi connectivity index (χ0v) is 41.5. The molecule has 0 unspecified atom stereocenters. The summed E-state index contributed by atoms with van der Waals surface area (Å²) in [6.45, 7) is 22.1. The maximum atomic E-state index is 7.01. The number of fused-ring (bicyclic) bond motifs is 8. The van der Waals surface area contributed by atoms with Crippen LogP contribution in [0.25, 0.3) is 68.6 Å². The van der Waals surface area contributed by atoms with Crippen LogP contribution in [-0.2, 0) is 47.2 Å². The molecule has 10 heterocycles. The second kappa shape index (κ2) is 17.3. The highest BCUT2D eigenvalue weighted by atomic mass is 16.5. The van der Waals surface area contributed by atoms with E-state index < -0.39 is 0 Å². The molecular weight excluding hydrogens is 857 g/mol. The first-order chi connectivity index (χ1) is 32.5. The Hall–Kier alpha value is -6.92. The van der Waals surface area contributed by atoms with E-state index in [1.165, 1.54) is 0 Å². The highest BCUT2D eigenvalue weighted by molar-refractivity contribution is 5.95. The maximum Gasteiger partial charge on any atom is 0.221 e. The van der Waals surface area contributed by atoms with Gasteiger partial charge < -0.3 is 9.47 Å². The van der Waals surface area contributed by atoms with Crippen molar-refractivity contribution in [1.29, 1.82) is 0 Å². The van der Waals surface area contributed by atoms with Crippen molar-refractivity contribution in [2.45, 2.75) is 107 Å². The van der Waals surface area contributed by atoms with Crippen LogP contribution >= 0.6 is 0 Å². The predicted molar refractivity (Wildman–Crippen MR) is 265 cm³/mol. The Morgan fingerprint density at radius 1 is 0.618 bits per heavy atom. The van der Waals surface area contributed by atoms with Crippen LogP contribution in [0.2, 0.25) is 0 Å². The monoisotopic (exact) mass is 919 g/mol. The Kier molecular flexibility index (Phi) is 11.4. The van der Waals surface area contributed by atoms with E-state index in [2.05, 4.69) is 110 Å². The van der Waals surface area contributed by atoms with Crippen molar-refractivity contribution >= 4 is 46.1 Å². The van der Waals surface area contributed by atoms with E-state index >= 15 is 0 Å². The van der Waals surface area contributed by atoms with Gasteiger partial charge in [-0.3, -0.25) is 39.3 Å². The molecule has 354 valence electrons. The van der Waals surface area contributed by atoms with E-state index in [0.29, 0.717) is 50.9 Å². The predicted octanol–water partition coefficient (Wildman–Crippen LogP) is 7.29. The summed E-state index contributed by atoms with van der Waals surface area (Å²) in [4.78, 5) is 14.9. The quantitative estimate of drug-likeness (QED) is 0.180. The van der Waals surface area contributed by atoms with Crippen molar-refractivity contribution in [3.05, 3.63) is 80.2 Å². The van der Waals surface area contributed by atoms with Crippen molar-refractivity contribution in [1.82, 2.24) is 79.3 Å². The number of H-pyrrole nitrogens is 2. The zero-order chi connectivity index (χ0) is 47.9. The molecule has 18 nitrogen and oxygen atoms in total. The van der Waals surface area contributed by atoms with Crippen molar-refractivity contribution in [3.8, 4) is 34.3 Å². The number of nitrogens with one attached hydrogen (secondary N) is 2. The van der Waals surface area contributed by atoms with Gasteiger partial charge in [0.2, 0.25) is 11.8 Å². The maximum absolute atomic E-state index is 7.01. The Balaban J connectivity index is 1.05. The van der Waals surface area contributed by atoms with Gasteiger partial charge in [-0.2, -0.15) is 30.6 Å². The van der Waals surface area contributed by atoms with Crippen LogP contribution in [0, 0.1) is 34.6 Å². The van der Waals surface area contributed by atoms with Crippen LogP contribution in [0.3, 0.4) is 0 Å². The second-order valence-corrected chi connectivity index (χ2v) is 19.1. The van der Waals surface area contributed by atoms with Gasteiger partial charge in [-0.1, -0.05) is 0 Å². The van der Waals surface area contributed by atoms with Crippen LogP contribution in [-0.4, -0.2) is 118 Å². The molecular formula is C50H62N16O2. The first kappa shape index (κ1) is 44.9. The van der Waals surface area contributed by atoms with Gasteiger partial charge in [-0.15, -0.1) is 0 Å². The Bertz CT molecular complexity index is 3300. The first-order valence-corrected chi connectivity index (χ1v) is 23.5. The molecule has 4 bridgehead atoms. The Morgan fingerprint density at radius 2 is 1.16 bits per heavy atom. The van der Waals surface area contributed by atoms with Gasteiger partial charge in [0.25, 0.3) is 0 Å². The van der Waals surface area contributed by atoms with Gasteiger partial charge in [0.15, 0.2) is 0 Å². The summed E-state index contributed by atoms with van der Waals surface area (Å²) in [5.74, 6) is 1.36. The Morgan fingerprint density at radius 3 is 1.79 bits per heavy atom. The molecule has 68 heavy (non-hydrogen) atoms. The summed E-state index contributed by atoms with van der Waals surface area (Å²) < 4.78 is 21.6. The van der Waals surface area contributed by atoms with Crippen molar-refractivity contribution in [2.75, 3.05) is 20.1 Å². The second-order valence-electron chi connectivity index (χ2n) is 19.1. The summed E-state index contributed by atoms with van der Waals surface area (Å²) in [7, 11) is 8.04. The summed E-state index contributed by atoms with van der Waals surface area (Å²) >= 11 is 0. The summed E-state index contributed by atoms with van der Waals surface area (Å²) in [5.41, 5.74) is 16.4. The van der Waals surface area contributed by atoms with Gasteiger partial charge in [-0.25, -0.2) is 9.36 Å². The zero-order valence-electron chi connectivity index (χ0n) is 41.5. The van der Waals surface area contributed by atoms with E-state index in [1.807, 2.05) is 56.0 Å². The van der Waals surface area contributed by atoms with Crippen molar-refractivity contribution in [2.24, 2.45) is 21.1 Å². The highest BCUT2D eigenvalue weighted by Crippen LogP contribution is 2.38. The lowest BCUT2D eigenvalue weighted by Crippen LogP contribution is -2.39. The first-order valence-electron chi connectivity index (χ1n) is 23.5. The minimum Gasteiger partial charge on any atom is -0.473 e. The van der Waals surface area contributed by atoms with Gasteiger partial charge in [-0.05, 0) is 106 Å². The van der Waals surface area contributed by atoms with Gasteiger partial charge in [0.05, 0.1) is 79.5 Å². The molecule has 0 saturated heterocycles. The molecule has 0 fully saturated rings. The topological polar surface area (TPSA) is 179 Å². The number of aromatic nitrogens is 14. The number of aryl methyl sites for hydroxylation is 10. The number of ether oxygens (including phenoxy) is 2. The molecule has 0 aliphatic carbocycles. The largest absolute Gasteiger partial charge is 0.473 e. The van der Waals surface area contributed by atoms with Crippen LogP contribution in [0.1, 0.15) is 95.8 Å². The van der Waals surface area contributed by atoms with Gasteiger partial charge in [0, 0.05) is 88.2 Å². The molecule has 18 heteroatoms. The average molecular weight is 919 g/mol. The number of hydrogen-bond acceptors (Lipinski definition) is 12. The lowest BCUT2D eigenvalue weighted by atomic mass is 10.1. The molecule has 8 aromatic rings. The molecule has 0 amide bonds. The number of aromatic amines is 2. The summed E-state index contributed by atoms with van der Waals surface area (Å²) in [5, 5.41) is 38.0. The fraction of sp³-hybridized carbons (Fsp3) is 0.440. The molecule has 2 atom stereocenters. The third kappa shape index (κ3) is 7.98. The molecule has 10 rings (SSSR count). The van der Waals surface area contributed by atoms with E-state index in [0.717, 1.165) is 112 Å². The third-order valence-corrected chi connectivity index (χ3v) is 13.5. The van der Waals surface area contributed by atoms with E-state index in [-0.39, 0.29) is 18.2 Å². The summed E-state index contributed by atoms with van der Waals surface area (Å²) in [6.07, 6.45) is 8.77. The molecule has 0 spiro atoms. The highest BCUT2D eigenvalue weighted by Gasteiger charge is 2.29. The molecule has 0 saturated carbocycles. The van der Waals surface area contributed by atoms with E-state index in [1.54, 1.807) is 0 Å². The minimum absolute atomic E-state index is 0.164.